The van der Waals surface area contributed by atoms with Crippen LogP contribution in [0.1, 0.15) is 43.4 Å². The van der Waals surface area contributed by atoms with Gasteiger partial charge in [0.05, 0.1) is 6.61 Å². The molecule has 168 valence electrons. The zero-order valence-corrected chi connectivity index (χ0v) is 17.9. The molecule has 7 heteroatoms. The molecule has 0 amide bonds. The Kier molecular flexibility index (Phi) is 4.81. The van der Waals surface area contributed by atoms with Crippen molar-refractivity contribution < 1.29 is 24.8 Å². The van der Waals surface area contributed by atoms with Gasteiger partial charge in [-0.2, -0.15) is 0 Å². The van der Waals surface area contributed by atoms with Gasteiger partial charge in [-0.25, -0.2) is 0 Å². The molecule has 4 aliphatic heterocycles. The van der Waals surface area contributed by atoms with Crippen LogP contribution in [0.5, 0.6) is 5.75 Å². The first kappa shape index (κ1) is 20.0. The largest absolute Gasteiger partial charge is 0.462 e. The average molecular weight is 429 g/mol. The van der Waals surface area contributed by atoms with E-state index in [1.807, 2.05) is 18.2 Å². The summed E-state index contributed by atoms with van der Waals surface area (Å²) in [6, 6.07) is 6.59. The second kappa shape index (κ2) is 7.46. The third-order valence-corrected chi connectivity index (χ3v) is 8.19. The summed E-state index contributed by atoms with van der Waals surface area (Å²) >= 11 is 0. The van der Waals surface area contributed by atoms with Crippen LogP contribution in [0.2, 0.25) is 0 Å². The summed E-state index contributed by atoms with van der Waals surface area (Å²) in [5.74, 6) is 2.78. The summed E-state index contributed by atoms with van der Waals surface area (Å²) in [5.41, 5.74) is 3.94. The first-order chi connectivity index (χ1) is 15.0. The summed E-state index contributed by atoms with van der Waals surface area (Å²) < 4.78 is 11.3. The van der Waals surface area contributed by atoms with E-state index in [9.17, 15) is 15.3 Å². The molecule has 5 heterocycles. The number of aromatic amines is 1. The highest BCUT2D eigenvalue weighted by Gasteiger charge is 2.48. The van der Waals surface area contributed by atoms with Gasteiger partial charge in [-0.3, -0.25) is 4.90 Å². The molecule has 0 radical (unpaired) electrons. The Morgan fingerprint density at radius 2 is 2.06 bits per heavy atom. The second-order valence-corrected chi connectivity index (χ2v) is 9.94. The number of hydrogen-bond acceptors (Lipinski definition) is 6. The van der Waals surface area contributed by atoms with E-state index in [-0.39, 0.29) is 6.61 Å². The fourth-order valence-corrected chi connectivity index (χ4v) is 6.76. The molecular formula is C24H32N2O5. The molecule has 3 saturated heterocycles. The quantitative estimate of drug-likeness (QED) is 0.595. The maximum atomic E-state index is 10.2. The molecular weight excluding hydrogens is 396 g/mol. The van der Waals surface area contributed by atoms with Gasteiger partial charge in [0.15, 0.2) is 0 Å². The van der Waals surface area contributed by atoms with Gasteiger partial charge in [-0.1, -0.05) is 13.3 Å². The highest BCUT2D eigenvalue weighted by Crippen LogP contribution is 2.51. The number of nitrogens with one attached hydrogen (secondary N) is 1. The molecule has 31 heavy (non-hydrogen) atoms. The number of fused-ring (bicyclic) bond motifs is 4. The number of aliphatic hydroxyl groups excluding tert-OH is 3. The Hall–Kier alpha value is -1.64. The van der Waals surface area contributed by atoms with Crippen LogP contribution in [-0.4, -0.2) is 75.5 Å². The number of rotatable bonds is 3. The smallest absolute Gasteiger partial charge is 0.228 e. The molecule has 7 nitrogen and oxygen atoms in total. The van der Waals surface area contributed by atoms with Crippen LogP contribution in [0.3, 0.4) is 0 Å². The monoisotopic (exact) mass is 428 g/mol. The van der Waals surface area contributed by atoms with Crippen molar-refractivity contribution in [3.05, 3.63) is 29.5 Å². The zero-order valence-electron chi connectivity index (χ0n) is 17.9. The Labute approximate surface area is 182 Å². The minimum atomic E-state index is -1.30. The van der Waals surface area contributed by atoms with Crippen molar-refractivity contribution in [3.8, 4) is 5.75 Å². The van der Waals surface area contributed by atoms with Crippen LogP contribution in [0.4, 0.5) is 0 Å². The van der Waals surface area contributed by atoms with E-state index < -0.39 is 24.6 Å². The number of piperidine rings is 2. The van der Waals surface area contributed by atoms with Gasteiger partial charge in [-0.05, 0) is 54.9 Å². The second-order valence-electron chi connectivity index (χ2n) is 9.94. The topological polar surface area (TPSA) is 98.2 Å². The first-order valence-electron chi connectivity index (χ1n) is 11.7. The maximum Gasteiger partial charge on any atom is 0.228 e. The molecule has 4 bridgehead atoms. The summed E-state index contributed by atoms with van der Waals surface area (Å²) in [4.78, 5) is 6.50. The first-order valence-corrected chi connectivity index (χ1v) is 11.7. The van der Waals surface area contributed by atoms with Crippen LogP contribution in [0.15, 0.2) is 18.2 Å². The number of ether oxygens (including phenoxy) is 2. The van der Waals surface area contributed by atoms with Crippen LogP contribution in [0.25, 0.3) is 10.9 Å². The van der Waals surface area contributed by atoms with E-state index in [2.05, 4.69) is 16.8 Å². The van der Waals surface area contributed by atoms with E-state index in [4.69, 9.17) is 9.47 Å². The molecule has 1 aromatic heterocycles. The number of benzene rings is 1. The zero-order chi connectivity index (χ0) is 21.3. The highest BCUT2D eigenvalue weighted by atomic mass is 16.7. The Balaban J connectivity index is 1.32. The number of hydrogen-bond donors (Lipinski definition) is 4. The SMILES string of the molecule is CC[C@H]1C[C@H]2C[C@H]3c4[nH]c5ccc(OC6OC[C@@H](O)[C@@H](O)[C@H]6O)cc5c4CCN(C2)C13. The summed E-state index contributed by atoms with van der Waals surface area (Å²) in [5, 5.41) is 31.0. The molecule has 9 atom stereocenters. The normalized spacial score (nSPS) is 41.7. The van der Waals surface area contributed by atoms with Crippen molar-refractivity contribution in [3.63, 3.8) is 0 Å². The van der Waals surface area contributed by atoms with Gasteiger partial charge in [0.1, 0.15) is 24.1 Å². The lowest BCUT2D eigenvalue weighted by molar-refractivity contribution is -0.242. The number of aromatic nitrogens is 1. The van der Waals surface area contributed by atoms with Crippen molar-refractivity contribution >= 4 is 10.9 Å². The predicted octanol–water partition coefficient (Wildman–Crippen LogP) is 1.75. The van der Waals surface area contributed by atoms with Gasteiger partial charge in [-0.15, -0.1) is 0 Å². The summed E-state index contributed by atoms with van der Waals surface area (Å²) in [6.07, 6.45) is 0.274. The summed E-state index contributed by atoms with van der Waals surface area (Å²) in [6.45, 7) is 4.63. The minimum absolute atomic E-state index is 0.0661. The molecule has 7 rings (SSSR count). The fraction of sp³-hybridized carbons (Fsp3) is 0.667. The Morgan fingerprint density at radius 1 is 1.19 bits per heavy atom. The minimum Gasteiger partial charge on any atom is -0.462 e. The number of aliphatic hydroxyl groups is 3. The van der Waals surface area contributed by atoms with E-state index in [0.717, 1.165) is 30.3 Å². The molecule has 1 aromatic carbocycles. The van der Waals surface area contributed by atoms with Crippen LogP contribution in [-0.2, 0) is 11.2 Å². The fourth-order valence-electron chi connectivity index (χ4n) is 6.76. The Bertz CT molecular complexity index is 976. The molecule has 0 spiro atoms. The van der Waals surface area contributed by atoms with Crippen molar-refractivity contribution in [2.45, 2.75) is 69.2 Å². The summed E-state index contributed by atoms with van der Waals surface area (Å²) in [7, 11) is 0. The maximum absolute atomic E-state index is 10.2. The van der Waals surface area contributed by atoms with Gasteiger partial charge < -0.3 is 29.8 Å². The van der Waals surface area contributed by atoms with E-state index in [1.165, 1.54) is 42.5 Å². The van der Waals surface area contributed by atoms with Gasteiger partial charge in [0.25, 0.3) is 0 Å². The van der Waals surface area contributed by atoms with Crippen LogP contribution in [0, 0.1) is 11.8 Å². The third-order valence-electron chi connectivity index (χ3n) is 8.19. The van der Waals surface area contributed by atoms with Crippen molar-refractivity contribution in [1.82, 2.24) is 9.88 Å². The molecule has 2 aromatic rings. The van der Waals surface area contributed by atoms with Gasteiger partial charge >= 0.3 is 0 Å². The molecule has 1 saturated carbocycles. The molecule has 5 aliphatic rings. The number of H-pyrrole nitrogens is 1. The predicted molar refractivity (Wildman–Crippen MR) is 115 cm³/mol. The van der Waals surface area contributed by atoms with E-state index in [0.29, 0.717) is 17.7 Å². The molecule has 4 N–H and O–H groups in total. The van der Waals surface area contributed by atoms with E-state index >= 15 is 0 Å². The number of nitrogens with zero attached hydrogens (tertiary/aromatic N) is 1. The van der Waals surface area contributed by atoms with Gasteiger partial charge in [0, 0.05) is 41.6 Å². The van der Waals surface area contributed by atoms with Crippen LogP contribution < -0.4 is 4.74 Å². The van der Waals surface area contributed by atoms with Crippen molar-refractivity contribution in [1.29, 1.82) is 0 Å². The Morgan fingerprint density at radius 3 is 2.90 bits per heavy atom. The standard InChI is InChI=1S/C24H32N2O5/c1-2-13-7-12-8-17-20-15(5-6-26(10-12)21(13)17)16-9-14(3-4-18(16)25-20)31-24-23(29)22(28)19(27)11-30-24/h3-4,9,12-13,17,19,21-25,27-29H,2,5-8,10-11H2,1H3/t12-,13-,17-,19+,21?,22+,23+,24?/m0/s1. The molecule has 3 unspecified atom stereocenters. The van der Waals surface area contributed by atoms with Crippen molar-refractivity contribution in [2.24, 2.45) is 11.8 Å². The molecule has 1 aliphatic carbocycles. The lowest BCUT2D eigenvalue weighted by atomic mass is 9.65. The van der Waals surface area contributed by atoms with Crippen molar-refractivity contribution in [2.75, 3.05) is 19.7 Å². The van der Waals surface area contributed by atoms with Crippen LogP contribution >= 0.6 is 0 Å². The molecule has 4 fully saturated rings. The third kappa shape index (κ3) is 3.13. The lowest BCUT2D eigenvalue weighted by Crippen LogP contribution is -2.56. The highest BCUT2D eigenvalue weighted by molar-refractivity contribution is 5.86. The lowest BCUT2D eigenvalue weighted by Gasteiger charge is -2.53. The van der Waals surface area contributed by atoms with Gasteiger partial charge in [0.2, 0.25) is 6.29 Å². The average Bonchev–Trinajstić information content (AvgIpc) is 3.10. The van der Waals surface area contributed by atoms with E-state index in [1.54, 1.807) is 0 Å².